The van der Waals surface area contributed by atoms with Gasteiger partial charge in [0, 0.05) is 4.47 Å². The second kappa shape index (κ2) is 6.01. The highest BCUT2D eigenvalue weighted by atomic mass is 79.9. The van der Waals surface area contributed by atoms with Gasteiger partial charge in [-0.25, -0.2) is 9.59 Å². The summed E-state index contributed by atoms with van der Waals surface area (Å²) in [5, 5.41) is 14.8. The van der Waals surface area contributed by atoms with Crippen molar-refractivity contribution in [3.63, 3.8) is 0 Å². The van der Waals surface area contributed by atoms with E-state index in [0.29, 0.717) is 23.6 Å². The minimum atomic E-state index is -1.16. The number of carboxylic acids is 1. The van der Waals surface area contributed by atoms with Crippen molar-refractivity contribution in [3.8, 4) is 0 Å². The average Bonchev–Trinajstić information content (AvgIpc) is 2.83. The smallest absolute Gasteiger partial charge is 0.329 e. The fraction of sp³-hybridized carbons (Fsp3) is 0.385. The van der Waals surface area contributed by atoms with Gasteiger partial charge in [0.15, 0.2) is 0 Å². The van der Waals surface area contributed by atoms with Crippen LogP contribution in [0.2, 0.25) is 5.02 Å². The van der Waals surface area contributed by atoms with Crippen molar-refractivity contribution < 1.29 is 14.7 Å². The summed E-state index contributed by atoms with van der Waals surface area (Å²) < 4.78 is 0.769. The first-order chi connectivity index (χ1) is 9.43. The molecule has 20 heavy (non-hydrogen) atoms. The molecule has 108 valence electrons. The quantitative estimate of drug-likeness (QED) is 0.769. The number of halogens is 2. The number of rotatable bonds is 3. The molecule has 7 heteroatoms. The Balaban J connectivity index is 2.08. The second-order valence-corrected chi connectivity index (χ2v) is 6.12. The van der Waals surface area contributed by atoms with E-state index in [9.17, 15) is 14.7 Å². The number of anilines is 1. The number of urea groups is 1. The number of hydrogen-bond donors (Lipinski definition) is 3. The number of carbonyl (C=O) groups excluding carboxylic acids is 1. The largest absolute Gasteiger partial charge is 0.480 e. The Morgan fingerprint density at radius 1 is 1.30 bits per heavy atom. The van der Waals surface area contributed by atoms with Crippen molar-refractivity contribution in [2.75, 3.05) is 5.32 Å². The van der Waals surface area contributed by atoms with Gasteiger partial charge in [-0.15, -0.1) is 0 Å². The molecule has 0 heterocycles. The van der Waals surface area contributed by atoms with Gasteiger partial charge in [-0.3, -0.25) is 0 Å². The van der Waals surface area contributed by atoms with Gasteiger partial charge in [0.2, 0.25) is 0 Å². The molecule has 0 atom stereocenters. The van der Waals surface area contributed by atoms with Gasteiger partial charge < -0.3 is 15.7 Å². The van der Waals surface area contributed by atoms with Crippen LogP contribution >= 0.6 is 27.5 Å². The van der Waals surface area contributed by atoms with E-state index in [2.05, 4.69) is 26.6 Å². The first-order valence-electron chi connectivity index (χ1n) is 6.20. The maximum absolute atomic E-state index is 12.0. The second-order valence-electron chi connectivity index (χ2n) is 4.80. The highest BCUT2D eigenvalue weighted by Gasteiger charge is 2.42. The Kier molecular flexibility index (Phi) is 4.55. The number of benzene rings is 1. The summed E-state index contributed by atoms with van der Waals surface area (Å²) in [7, 11) is 0. The lowest BCUT2D eigenvalue weighted by molar-refractivity contribution is -0.144. The van der Waals surface area contributed by atoms with Crippen LogP contribution in [-0.4, -0.2) is 22.6 Å². The van der Waals surface area contributed by atoms with Gasteiger partial charge in [-0.2, -0.15) is 0 Å². The summed E-state index contributed by atoms with van der Waals surface area (Å²) in [6.07, 6.45) is 2.48. The highest BCUT2D eigenvalue weighted by Crippen LogP contribution is 2.30. The number of carbonyl (C=O) groups is 2. The predicted octanol–water partition coefficient (Wildman–Crippen LogP) is 3.62. The molecule has 0 radical (unpaired) electrons. The molecule has 0 unspecified atom stereocenters. The minimum Gasteiger partial charge on any atom is -0.480 e. The molecule has 0 spiro atoms. The molecule has 0 aromatic heterocycles. The van der Waals surface area contributed by atoms with Crippen molar-refractivity contribution in [2.24, 2.45) is 0 Å². The molecule has 1 fully saturated rings. The third-order valence-corrected chi connectivity index (χ3v) is 4.22. The number of hydrogen-bond acceptors (Lipinski definition) is 2. The number of nitrogens with one attached hydrogen (secondary N) is 2. The summed E-state index contributed by atoms with van der Waals surface area (Å²) in [4.78, 5) is 23.3. The van der Waals surface area contributed by atoms with Crippen molar-refractivity contribution in [2.45, 2.75) is 31.2 Å². The first-order valence-corrected chi connectivity index (χ1v) is 7.38. The van der Waals surface area contributed by atoms with E-state index in [1.165, 1.54) is 0 Å². The lowest BCUT2D eigenvalue weighted by Gasteiger charge is -2.25. The van der Waals surface area contributed by atoms with Crippen LogP contribution in [0, 0.1) is 0 Å². The molecule has 0 bridgehead atoms. The molecule has 0 aliphatic heterocycles. The minimum absolute atomic E-state index is 0.388. The van der Waals surface area contributed by atoms with Gasteiger partial charge in [-0.05, 0) is 31.0 Å². The van der Waals surface area contributed by atoms with E-state index in [1.54, 1.807) is 18.2 Å². The van der Waals surface area contributed by atoms with Crippen LogP contribution in [0.4, 0.5) is 10.5 Å². The zero-order valence-electron chi connectivity index (χ0n) is 10.6. The van der Waals surface area contributed by atoms with Crippen LogP contribution in [-0.2, 0) is 4.79 Å². The molecule has 3 N–H and O–H groups in total. The number of aliphatic carboxylic acids is 1. The van der Waals surface area contributed by atoms with E-state index < -0.39 is 17.5 Å². The van der Waals surface area contributed by atoms with Crippen LogP contribution < -0.4 is 10.6 Å². The van der Waals surface area contributed by atoms with Crippen LogP contribution in [0.15, 0.2) is 22.7 Å². The Labute approximate surface area is 129 Å². The zero-order valence-corrected chi connectivity index (χ0v) is 12.9. The van der Waals surface area contributed by atoms with Gasteiger partial charge in [0.05, 0.1) is 10.7 Å². The van der Waals surface area contributed by atoms with Crippen molar-refractivity contribution in [1.82, 2.24) is 5.32 Å². The fourth-order valence-electron chi connectivity index (χ4n) is 2.34. The third-order valence-electron chi connectivity index (χ3n) is 3.40. The van der Waals surface area contributed by atoms with Gasteiger partial charge >= 0.3 is 12.0 Å². The molecular weight excluding hydrogens is 348 g/mol. The Morgan fingerprint density at radius 2 is 1.95 bits per heavy atom. The lowest BCUT2D eigenvalue weighted by Crippen LogP contribution is -2.53. The molecule has 5 nitrogen and oxygen atoms in total. The molecule has 1 saturated carbocycles. The topological polar surface area (TPSA) is 78.4 Å². The molecule has 1 aliphatic carbocycles. The normalized spacial score (nSPS) is 16.7. The van der Waals surface area contributed by atoms with Crippen molar-refractivity contribution in [3.05, 3.63) is 27.7 Å². The molecule has 1 aromatic rings. The fourth-order valence-corrected chi connectivity index (χ4v) is 2.86. The van der Waals surface area contributed by atoms with Crippen molar-refractivity contribution in [1.29, 1.82) is 0 Å². The molecular formula is C13H14BrClN2O3. The summed E-state index contributed by atoms with van der Waals surface area (Å²) >= 11 is 9.26. The Hall–Kier alpha value is -1.27. The van der Waals surface area contributed by atoms with Crippen LogP contribution in [0.3, 0.4) is 0 Å². The standard InChI is InChI=1S/C13H14BrClN2O3/c14-8-3-4-9(15)10(7-8)16-12(20)17-13(11(18)19)5-1-2-6-13/h3-4,7H,1-2,5-6H2,(H,18,19)(H2,16,17,20). The molecule has 2 amide bonds. The molecule has 2 rings (SSSR count). The summed E-state index contributed by atoms with van der Waals surface area (Å²) in [6.45, 7) is 0. The Morgan fingerprint density at radius 3 is 2.55 bits per heavy atom. The van der Waals surface area contributed by atoms with Crippen molar-refractivity contribution >= 4 is 45.2 Å². The van der Waals surface area contributed by atoms with Crippen LogP contribution in [0.25, 0.3) is 0 Å². The van der Waals surface area contributed by atoms with E-state index in [1.807, 2.05) is 0 Å². The average molecular weight is 362 g/mol. The SMILES string of the molecule is O=C(Nc1cc(Br)ccc1Cl)NC1(C(=O)O)CCCC1. The Bertz CT molecular complexity index is 544. The van der Waals surface area contributed by atoms with E-state index in [0.717, 1.165) is 17.3 Å². The summed E-state index contributed by atoms with van der Waals surface area (Å²) in [5.41, 5.74) is -0.736. The van der Waals surface area contributed by atoms with E-state index >= 15 is 0 Å². The maximum Gasteiger partial charge on any atom is 0.329 e. The van der Waals surface area contributed by atoms with E-state index in [-0.39, 0.29) is 0 Å². The molecule has 1 aromatic carbocycles. The predicted molar refractivity (Wildman–Crippen MR) is 80.1 cm³/mol. The summed E-state index contributed by atoms with van der Waals surface area (Å²) in [6, 6.07) is 4.49. The van der Waals surface area contributed by atoms with Crippen LogP contribution in [0.5, 0.6) is 0 Å². The molecule has 0 saturated heterocycles. The zero-order chi connectivity index (χ0) is 14.8. The van der Waals surface area contributed by atoms with Gasteiger partial charge in [0.1, 0.15) is 5.54 Å². The summed E-state index contributed by atoms with van der Waals surface area (Å²) in [5.74, 6) is -0.995. The number of carboxylic acid groups (broad SMARTS) is 1. The molecule has 1 aliphatic rings. The first kappa shape index (κ1) is 15.1. The van der Waals surface area contributed by atoms with E-state index in [4.69, 9.17) is 11.6 Å². The van der Waals surface area contributed by atoms with Gasteiger partial charge in [0.25, 0.3) is 0 Å². The third kappa shape index (κ3) is 3.24. The number of amides is 2. The van der Waals surface area contributed by atoms with Crippen LogP contribution in [0.1, 0.15) is 25.7 Å². The highest BCUT2D eigenvalue weighted by molar-refractivity contribution is 9.10. The monoisotopic (exact) mass is 360 g/mol. The maximum atomic E-state index is 12.0. The lowest BCUT2D eigenvalue weighted by atomic mass is 9.98. The van der Waals surface area contributed by atoms with Gasteiger partial charge in [-0.1, -0.05) is 40.4 Å².